The largest absolute Gasteiger partial charge is 0.396 e. The minimum Gasteiger partial charge on any atom is -0.396 e. The second-order valence-corrected chi connectivity index (χ2v) is 10.1. The summed E-state index contributed by atoms with van der Waals surface area (Å²) in [6.45, 7) is 9.19. The van der Waals surface area contributed by atoms with Crippen molar-refractivity contribution in [3.63, 3.8) is 0 Å². The monoisotopic (exact) mass is 444 g/mol. The van der Waals surface area contributed by atoms with Gasteiger partial charge in [-0.05, 0) is 74.6 Å². The first-order chi connectivity index (χ1) is 15.5. The fraction of sp³-hybridized carbons (Fsp3) is 0.767. The molecule has 184 valence electrons. The predicted octanol–water partition coefficient (Wildman–Crippen LogP) is 8.91. The summed E-state index contributed by atoms with van der Waals surface area (Å²) in [7, 11) is 0. The van der Waals surface area contributed by atoms with E-state index in [1.54, 1.807) is 5.56 Å². The van der Waals surface area contributed by atoms with Crippen LogP contribution in [0.5, 0.6) is 0 Å². The quantitative estimate of drug-likeness (QED) is 0.204. The number of carbonyl (C=O) groups excluding carboxylic acids is 1. The number of Topliss-reactive ketones (excluding diaryl/α,β-unsaturated/α-hetero) is 1. The van der Waals surface area contributed by atoms with Crippen LogP contribution in [0.2, 0.25) is 0 Å². The van der Waals surface area contributed by atoms with Gasteiger partial charge in [-0.2, -0.15) is 0 Å². The van der Waals surface area contributed by atoms with Gasteiger partial charge in [0.1, 0.15) is 5.78 Å². The molecule has 0 aliphatic heterocycles. The molecule has 2 nitrogen and oxygen atoms in total. The zero-order valence-electron chi connectivity index (χ0n) is 21.8. The Morgan fingerprint density at radius 2 is 1.19 bits per heavy atom. The molecule has 1 N–H and O–H groups in total. The number of carbonyl (C=O) groups is 1. The summed E-state index contributed by atoms with van der Waals surface area (Å²) in [6, 6.07) is 4.90. The third-order valence-electron chi connectivity index (χ3n) is 7.20. The Bertz CT molecular complexity index is 596. The van der Waals surface area contributed by atoms with E-state index in [9.17, 15) is 4.79 Å². The maximum absolute atomic E-state index is 11.7. The SMILES string of the molecule is CCCCCCCCCC(CCCCCCCC(=O)CCCO)c1cc(C)c(C)c(C)c1. The highest BCUT2D eigenvalue weighted by molar-refractivity contribution is 5.78. The van der Waals surface area contributed by atoms with Gasteiger partial charge in [0.05, 0.1) is 0 Å². The molecule has 32 heavy (non-hydrogen) atoms. The maximum Gasteiger partial charge on any atom is 0.132 e. The van der Waals surface area contributed by atoms with Crippen LogP contribution in [0.1, 0.15) is 144 Å². The first-order valence-electron chi connectivity index (χ1n) is 13.7. The van der Waals surface area contributed by atoms with E-state index in [1.807, 2.05) is 0 Å². The smallest absolute Gasteiger partial charge is 0.132 e. The molecule has 0 heterocycles. The average molecular weight is 445 g/mol. The van der Waals surface area contributed by atoms with Crippen molar-refractivity contribution in [2.24, 2.45) is 0 Å². The molecule has 0 amide bonds. The number of rotatable bonds is 20. The van der Waals surface area contributed by atoms with Crippen LogP contribution in [-0.2, 0) is 4.79 Å². The molecule has 1 rings (SSSR count). The highest BCUT2D eigenvalue weighted by Crippen LogP contribution is 2.31. The van der Waals surface area contributed by atoms with Crippen LogP contribution in [0.25, 0.3) is 0 Å². The fourth-order valence-electron chi connectivity index (χ4n) is 4.77. The van der Waals surface area contributed by atoms with Crippen LogP contribution in [0.3, 0.4) is 0 Å². The summed E-state index contributed by atoms with van der Waals surface area (Å²) in [5.74, 6) is 1.02. The average Bonchev–Trinajstić information content (AvgIpc) is 2.78. The Morgan fingerprint density at radius 3 is 1.72 bits per heavy atom. The second-order valence-electron chi connectivity index (χ2n) is 10.1. The molecule has 0 radical (unpaired) electrons. The lowest BCUT2D eigenvalue weighted by atomic mass is 9.85. The van der Waals surface area contributed by atoms with Crippen molar-refractivity contribution in [2.75, 3.05) is 6.61 Å². The minimum absolute atomic E-state index is 0.131. The van der Waals surface area contributed by atoms with Crippen LogP contribution >= 0.6 is 0 Å². The molecular formula is C30H52O2. The molecule has 1 unspecified atom stereocenters. The lowest BCUT2D eigenvalue weighted by Crippen LogP contribution is -2.02. The molecule has 1 atom stereocenters. The van der Waals surface area contributed by atoms with Crippen molar-refractivity contribution in [2.45, 2.75) is 143 Å². The maximum atomic E-state index is 11.7. The molecule has 0 aliphatic rings. The standard InChI is InChI=1S/C30H52O2/c1-5-6-7-8-9-11-14-18-28(29-23-25(2)27(4)26(3)24-29)19-15-12-10-13-16-20-30(32)21-17-22-31/h23-24,28,31H,5-22H2,1-4H3. The lowest BCUT2D eigenvalue weighted by molar-refractivity contribution is -0.119. The molecule has 0 aromatic heterocycles. The highest BCUT2D eigenvalue weighted by Gasteiger charge is 2.13. The number of ketones is 1. The number of aliphatic hydroxyl groups excluding tert-OH is 1. The van der Waals surface area contributed by atoms with Crippen molar-refractivity contribution in [3.8, 4) is 0 Å². The summed E-state index contributed by atoms with van der Waals surface area (Å²) in [5, 5.41) is 8.81. The molecule has 1 aromatic rings. The first kappa shape index (κ1) is 28.9. The number of aryl methyl sites for hydroxylation is 2. The van der Waals surface area contributed by atoms with E-state index in [2.05, 4.69) is 39.8 Å². The van der Waals surface area contributed by atoms with E-state index in [1.165, 1.54) is 93.7 Å². The normalized spacial score (nSPS) is 12.3. The third-order valence-corrected chi connectivity index (χ3v) is 7.20. The van der Waals surface area contributed by atoms with Gasteiger partial charge in [-0.1, -0.05) is 89.7 Å². The predicted molar refractivity (Wildman–Crippen MR) is 140 cm³/mol. The van der Waals surface area contributed by atoms with Gasteiger partial charge in [-0.3, -0.25) is 4.79 Å². The Kier molecular flexibility index (Phi) is 16.5. The van der Waals surface area contributed by atoms with Crippen LogP contribution in [0.4, 0.5) is 0 Å². The third kappa shape index (κ3) is 12.8. The van der Waals surface area contributed by atoms with E-state index in [0.717, 1.165) is 12.8 Å². The first-order valence-corrected chi connectivity index (χ1v) is 13.7. The van der Waals surface area contributed by atoms with Crippen LogP contribution < -0.4 is 0 Å². The van der Waals surface area contributed by atoms with Crippen LogP contribution in [0.15, 0.2) is 12.1 Å². The van der Waals surface area contributed by atoms with Crippen molar-refractivity contribution >= 4 is 5.78 Å². The van der Waals surface area contributed by atoms with Gasteiger partial charge in [0.2, 0.25) is 0 Å². The molecular weight excluding hydrogens is 392 g/mol. The van der Waals surface area contributed by atoms with Gasteiger partial charge in [0, 0.05) is 19.4 Å². The topological polar surface area (TPSA) is 37.3 Å². The minimum atomic E-state index is 0.131. The van der Waals surface area contributed by atoms with Gasteiger partial charge >= 0.3 is 0 Å². The van der Waals surface area contributed by atoms with Crippen molar-refractivity contribution < 1.29 is 9.90 Å². The molecule has 0 saturated carbocycles. The number of aliphatic hydroxyl groups is 1. The lowest BCUT2D eigenvalue weighted by Gasteiger charge is -2.20. The molecule has 0 bridgehead atoms. The number of hydrogen-bond acceptors (Lipinski definition) is 2. The van der Waals surface area contributed by atoms with Crippen molar-refractivity contribution in [1.29, 1.82) is 0 Å². The fourth-order valence-corrected chi connectivity index (χ4v) is 4.77. The van der Waals surface area contributed by atoms with Gasteiger partial charge in [-0.15, -0.1) is 0 Å². The summed E-state index contributed by atoms with van der Waals surface area (Å²) in [5.41, 5.74) is 5.88. The van der Waals surface area contributed by atoms with Crippen molar-refractivity contribution in [3.05, 3.63) is 34.4 Å². The summed E-state index contributed by atoms with van der Waals surface area (Å²) in [4.78, 5) is 11.7. The van der Waals surface area contributed by atoms with Gasteiger partial charge < -0.3 is 5.11 Å². The molecule has 0 fully saturated rings. The molecule has 0 spiro atoms. The van der Waals surface area contributed by atoms with Gasteiger partial charge in [-0.25, -0.2) is 0 Å². The Hall–Kier alpha value is -1.15. The summed E-state index contributed by atoms with van der Waals surface area (Å²) in [6.07, 6.45) is 20.2. The molecule has 0 saturated heterocycles. The van der Waals surface area contributed by atoms with E-state index in [4.69, 9.17) is 5.11 Å². The van der Waals surface area contributed by atoms with Crippen LogP contribution in [0, 0.1) is 20.8 Å². The van der Waals surface area contributed by atoms with E-state index in [-0.39, 0.29) is 6.61 Å². The van der Waals surface area contributed by atoms with Crippen molar-refractivity contribution in [1.82, 2.24) is 0 Å². The summed E-state index contributed by atoms with van der Waals surface area (Å²) >= 11 is 0. The zero-order chi connectivity index (χ0) is 23.6. The molecule has 1 aromatic carbocycles. The van der Waals surface area contributed by atoms with E-state index < -0.39 is 0 Å². The number of unbranched alkanes of at least 4 members (excludes halogenated alkanes) is 10. The highest BCUT2D eigenvalue weighted by atomic mass is 16.3. The second kappa shape index (κ2) is 18.3. The molecule has 0 aliphatic carbocycles. The van der Waals surface area contributed by atoms with E-state index in [0.29, 0.717) is 31.0 Å². The van der Waals surface area contributed by atoms with E-state index >= 15 is 0 Å². The molecule has 2 heteroatoms. The summed E-state index contributed by atoms with van der Waals surface area (Å²) < 4.78 is 0. The number of benzene rings is 1. The Morgan fingerprint density at radius 1 is 0.719 bits per heavy atom. The number of hydrogen-bond donors (Lipinski definition) is 1. The van der Waals surface area contributed by atoms with Gasteiger partial charge in [0.25, 0.3) is 0 Å². The van der Waals surface area contributed by atoms with Crippen LogP contribution in [-0.4, -0.2) is 17.5 Å². The Balaban J connectivity index is 2.41. The Labute approximate surface area is 199 Å². The van der Waals surface area contributed by atoms with Gasteiger partial charge in [0.15, 0.2) is 0 Å². The zero-order valence-corrected chi connectivity index (χ0v) is 21.8.